The van der Waals surface area contributed by atoms with Gasteiger partial charge < -0.3 is 10.1 Å². The lowest BCUT2D eigenvalue weighted by molar-refractivity contribution is 0.00167. The van der Waals surface area contributed by atoms with E-state index in [9.17, 15) is 13.2 Å². The van der Waals surface area contributed by atoms with E-state index in [1.807, 2.05) is 6.92 Å². The van der Waals surface area contributed by atoms with E-state index < -0.39 is 16.1 Å². The maximum Gasteiger partial charge on any atom is 0.320 e. The minimum Gasteiger partial charge on any atom is -0.374 e. The van der Waals surface area contributed by atoms with Gasteiger partial charge in [-0.25, -0.2) is 13.2 Å². The van der Waals surface area contributed by atoms with Gasteiger partial charge in [-0.1, -0.05) is 5.21 Å². The molecule has 1 aromatic rings. The Kier molecular flexibility index (Phi) is 5.32. The van der Waals surface area contributed by atoms with Crippen molar-refractivity contribution in [2.24, 2.45) is 0 Å². The Morgan fingerprint density at radius 2 is 2.32 bits per heavy atom. The molecule has 0 aliphatic carbocycles. The zero-order chi connectivity index (χ0) is 16.2. The number of anilines is 1. The highest BCUT2D eigenvalue weighted by atomic mass is 32.2. The van der Waals surface area contributed by atoms with Crippen LogP contribution in [0.25, 0.3) is 0 Å². The van der Waals surface area contributed by atoms with E-state index in [-0.39, 0.29) is 19.2 Å². The summed E-state index contributed by atoms with van der Waals surface area (Å²) >= 11 is 0. The molecule has 11 heteroatoms. The topological polar surface area (TPSA) is 118 Å². The molecule has 0 unspecified atom stereocenters. The van der Waals surface area contributed by atoms with Crippen LogP contribution in [0, 0.1) is 0 Å². The number of nitrogens with zero attached hydrogens (tertiary/aromatic N) is 4. The van der Waals surface area contributed by atoms with Gasteiger partial charge in [-0.2, -0.15) is 4.31 Å². The van der Waals surface area contributed by atoms with Crippen LogP contribution >= 0.6 is 0 Å². The number of ether oxygens (including phenoxy) is 1. The molecule has 1 aliphatic heterocycles. The number of rotatable bonds is 5. The molecule has 0 bridgehead atoms. The Bertz CT molecular complexity index is 616. The summed E-state index contributed by atoms with van der Waals surface area (Å²) in [5, 5.41) is 12.8. The van der Waals surface area contributed by atoms with E-state index in [2.05, 4.69) is 20.9 Å². The van der Waals surface area contributed by atoms with Gasteiger partial charge in [0.1, 0.15) is 0 Å². The Balaban J connectivity index is 1.78. The van der Waals surface area contributed by atoms with Crippen LogP contribution in [0.15, 0.2) is 6.20 Å². The van der Waals surface area contributed by atoms with Gasteiger partial charge in [0.05, 0.1) is 25.2 Å². The summed E-state index contributed by atoms with van der Waals surface area (Å²) in [6.45, 7) is 3.65. The van der Waals surface area contributed by atoms with E-state index in [0.29, 0.717) is 25.5 Å². The largest absolute Gasteiger partial charge is 0.374 e. The molecule has 1 aromatic heterocycles. The molecule has 1 fully saturated rings. The van der Waals surface area contributed by atoms with Crippen LogP contribution in [0.5, 0.6) is 0 Å². The third-order valence-corrected chi connectivity index (χ3v) is 4.43. The minimum absolute atomic E-state index is 0.208. The molecule has 2 N–H and O–H groups in total. The Morgan fingerprint density at radius 3 is 2.95 bits per heavy atom. The van der Waals surface area contributed by atoms with E-state index in [1.165, 1.54) is 4.31 Å². The van der Waals surface area contributed by atoms with Crippen molar-refractivity contribution in [3.05, 3.63) is 6.20 Å². The standard InChI is InChI=1S/C11H20N6O4S/c1-3-16-8-10(14-15-16)13-11(18)12-6-9-7-17(4-5-21-9)22(2,19)20/h8-9H,3-7H2,1-2H3,(H2,12,13,18)/t9-/m1/s1. The fraction of sp³-hybridized carbons (Fsp3) is 0.727. The molecule has 1 saturated heterocycles. The summed E-state index contributed by atoms with van der Waals surface area (Å²) in [5.41, 5.74) is 0. The van der Waals surface area contributed by atoms with Gasteiger partial charge in [-0.15, -0.1) is 5.10 Å². The van der Waals surface area contributed by atoms with Crippen LogP contribution in [0.4, 0.5) is 10.6 Å². The molecule has 2 amide bonds. The molecule has 0 radical (unpaired) electrons. The lowest BCUT2D eigenvalue weighted by atomic mass is 10.3. The second kappa shape index (κ2) is 7.03. The molecule has 0 aromatic carbocycles. The third kappa shape index (κ3) is 4.64. The fourth-order valence-corrected chi connectivity index (χ4v) is 2.84. The summed E-state index contributed by atoms with van der Waals surface area (Å²) in [6.07, 6.45) is 2.40. The fourth-order valence-electron chi connectivity index (χ4n) is 1.99. The predicted octanol–water partition coefficient (Wildman–Crippen LogP) is -0.920. The molecule has 10 nitrogen and oxygen atoms in total. The smallest absolute Gasteiger partial charge is 0.320 e. The third-order valence-electron chi connectivity index (χ3n) is 3.17. The summed E-state index contributed by atoms with van der Waals surface area (Å²) in [4.78, 5) is 11.7. The minimum atomic E-state index is -3.24. The van der Waals surface area contributed by atoms with Crippen LogP contribution in [0.3, 0.4) is 0 Å². The van der Waals surface area contributed by atoms with Gasteiger partial charge in [0.2, 0.25) is 10.0 Å². The molecule has 22 heavy (non-hydrogen) atoms. The van der Waals surface area contributed by atoms with E-state index in [1.54, 1.807) is 10.9 Å². The van der Waals surface area contributed by atoms with Crippen molar-refractivity contribution in [1.29, 1.82) is 0 Å². The monoisotopic (exact) mass is 332 g/mol. The quantitative estimate of drug-likeness (QED) is 0.720. The van der Waals surface area contributed by atoms with Crippen LogP contribution in [0.2, 0.25) is 0 Å². The van der Waals surface area contributed by atoms with Crippen molar-refractivity contribution in [2.45, 2.75) is 19.6 Å². The molecule has 1 aliphatic rings. The van der Waals surface area contributed by atoms with Gasteiger partial charge in [0, 0.05) is 26.2 Å². The van der Waals surface area contributed by atoms with Gasteiger partial charge in [-0.05, 0) is 6.92 Å². The highest BCUT2D eigenvalue weighted by Crippen LogP contribution is 2.08. The Labute approximate surface area is 128 Å². The first kappa shape index (κ1) is 16.6. The average Bonchev–Trinajstić information content (AvgIpc) is 2.92. The van der Waals surface area contributed by atoms with Crippen LogP contribution < -0.4 is 10.6 Å². The van der Waals surface area contributed by atoms with Gasteiger partial charge in [0.15, 0.2) is 5.82 Å². The number of nitrogens with one attached hydrogen (secondary N) is 2. The van der Waals surface area contributed by atoms with E-state index in [0.717, 1.165) is 6.26 Å². The SMILES string of the molecule is CCn1cc(NC(=O)NC[C@@H]2CN(S(C)(=O)=O)CCO2)nn1. The molecular formula is C11H20N6O4S. The normalized spacial score (nSPS) is 19.8. The first-order valence-corrected chi connectivity index (χ1v) is 8.75. The van der Waals surface area contributed by atoms with Crippen molar-refractivity contribution >= 4 is 21.9 Å². The average molecular weight is 332 g/mol. The number of hydrogen-bond donors (Lipinski definition) is 2. The number of sulfonamides is 1. The maximum atomic E-state index is 11.7. The lowest BCUT2D eigenvalue weighted by Crippen LogP contribution is -2.49. The first-order chi connectivity index (χ1) is 10.4. The molecule has 124 valence electrons. The molecule has 1 atom stereocenters. The van der Waals surface area contributed by atoms with Crippen molar-refractivity contribution in [3.63, 3.8) is 0 Å². The number of morpholine rings is 1. The van der Waals surface area contributed by atoms with Crippen LogP contribution in [0.1, 0.15) is 6.92 Å². The van der Waals surface area contributed by atoms with E-state index in [4.69, 9.17) is 4.74 Å². The van der Waals surface area contributed by atoms with Crippen molar-refractivity contribution in [2.75, 3.05) is 37.8 Å². The summed E-state index contributed by atoms with van der Waals surface area (Å²) in [7, 11) is -3.24. The number of aromatic nitrogens is 3. The Morgan fingerprint density at radius 1 is 1.55 bits per heavy atom. The molecule has 0 saturated carbocycles. The number of urea groups is 1. The maximum absolute atomic E-state index is 11.7. The number of carbonyl (C=O) groups is 1. The van der Waals surface area contributed by atoms with E-state index >= 15 is 0 Å². The number of carbonyl (C=O) groups excluding carboxylic acids is 1. The second-order valence-corrected chi connectivity index (χ2v) is 6.89. The van der Waals surface area contributed by atoms with Crippen molar-refractivity contribution in [1.82, 2.24) is 24.6 Å². The zero-order valence-corrected chi connectivity index (χ0v) is 13.3. The number of amides is 2. The highest BCUT2D eigenvalue weighted by Gasteiger charge is 2.26. The van der Waals surface area contributed by atoms with Crippen molar-refractivity contribution in [3.8, 4) is 0 Å². The number of hydrogen-bond acceptors (Lipinski definition) is 6. The predicted molar refractivity (Wildman–Crippen MR) is 78.9 cm³/mol. The van der Waals surface area contributed by atoms with Crippen LogP contribution in [-0.2, 0) is 21.3 Å². The van der Waals surface area contributed by atoms with Gasteiger partial charge in [0.25, 0.3) is 0 Å². The highest BCUT2D eigenvalue weighted by molar-refractivity contribution is 7.88. The molecule has 2 heterocycles. The second-order valence-electron chi connectivity index (χ2n) is 4.91. The van der Waals surface area contributed by atoms with Crippen LogP contribution in [-0.4, -0.2) is 72.3 Å². The summed E-state index contributed by atoms with van der Waals surface area (Å²) in [5.74, 6) is 0.349. The molecule has 0 spiro atoms. The summed E-state index contributed by atoms with van der Waals surface area (Å²) < 4.78 is 31.4. The number of aryl methyl sites for hydroxylation is 1. The summed E-state index contributed by atoms with van der Waals surface area (Å²) in [6, 6.07) is -0.441. The van der Waals surface area contributed by atoms with Crippen molar-refractivity contribution < 1.29 is 17.9 Å². The van der Waals surface area contributed by atoms with Gasteiger partial charge >= 0.3 is 6.03 Å². The lowest BCUT2D eigenvalue weighted by Gasteiger charge is -2.31. The molecule has 2 rings (SSSR count). The molecular weight excluding hydrogens is 312 g/mol. The first-order valence-electron chi connectivity index (χ1n) is 6.90. The van der Waals surface area contributed by atoms with Gasteiger partial charge in [-0.3, -0.25) is 10.00 Å². The zero-order valence-electron chi connectivity index (χ0n) is 12.5. The Hall–Kier alpha value is -1.72.